The molecule has 1 aromatic rings. The first kappa shape index (κ1) is 13.3. The molecule has 0 bridgehead atoms. The molecule has 0 saturated heterocycles. The number of nitrogens with one attached hydrogen (secondary N) is 2. The maximum Gasteiger partial charge on any atom is 0.223 e. The third-order valence-electron chi connectivity index (χ3n) is 4.25. The minimum Gasteiger partial charge on any atom is -0.501 e. The summed E-state index contributed by atoms with van der Waals surface area (Å²) >= 11 is 0. The number of aromatic nitrogens is 1. The molecule has 4 heteroatoms. The maximum atomic E-state index is 11.6. The van der Waals surface area contributed by atoms with Crippen LogP contribution in [0.25, 0.3) is 6.08 Å². The van der Waals surface area contributed by atoms with Gasteiger partial charge in [-0.25, -0.2) is 0 Å². The molecule has 0 unspecified atom stereocenters. The van der Waals surface area contributed by atoms with E-state index in [9.17, 15) is 4.79 Å². The van der Waals surface area contributed by atoms with Gasteiger partial charge in [-0.3, -0.25) is 4.79 Å². The Balaban J connectivity index is 1.66. The van der Waals surface area contributed by atoms with Crippen molar-refractivity contribution in [2.45, 2.75) is 38.5 Å². The number of amides is 1. The van der Waals surface area contributed by atoms with Crippen LogP contribution < -0.4 is 5.32 Å². The average Bonchev–Trinajstić information content (AvgIpc) is 3.21. The van der Waals surface area contributed by atoms with Crippen molar-refractivity contribution in [2.75, 3.05) is 13.7 Å². The third-order valence-corrected chi connectivity index (χ3v) is 4.25. The van der Waals surface area contributed by atoms with Crippen LogP contribution in [0, 0.1) is 5.92 Å². The molecule has 20 heavy (non-hydrogen) atoms. The van der Waals surface area contributed by atoms with Crippen molar-refractivity contribution in [1.82, 2.24) is 10.3 Å². The zero-order valence-electron chi connectivity index (χ0n) is 12.2. The standard InChI is InChI=1S/C16H22N2O2/c1-10-7-13(20-2)8-14-12(9-18-15(10)14)5-6-17-16(19)11-3-4-11/h8-11,18H,3-7H2,1-2H3,(H,17,19)/t10-/m0/s1. The van der Waals surface area contributed by atoms with Crippen molar-refractivity contribution in [3.63, 3.8) is 0 Å². The summed E-state index contributed by atoms with van der Waals surface area (Å²) in [5, 5.41) is 3.02. The number of carbonyl (C=O) groups is 1. The second kappa shape index (κ2) is 5.35. The molecule has 0 aromatic carbocycles. The second-order valence-electron chi connectivity index (χ2n) is 5.88. The monoisotopic (exact) mass is 274 g/mol. The smallest absolute Gasteiger partial charge is 0.223 e. The van der Waals surface area contributed by atoms with Crippen molar-refractivity contribution < 1.29 is 9.53 Å². The number of hydrogen-bond acceptors (Lipinski definition) is 2. The van der Waals surface area contributed by atoms with Crippen LogP contribution in [-0.4, -0.2) is 24.5 Å². The lowest BCUT2D eigenvalue weighted by molar-refractivity contribution is -0.122. The van der Waals surface area contributed by atoms with E-state index in [1.165, 1.54) is 16.8 Å². The normalized spacial score (nSPS) is 21.1. The molecule has 2 aliphatic rings. The van der Waals surface area contributed by atoms with Gasteiger partial charge in [0.15, 0.2) is 0 Å². The maximum absolute atomic E-state index is 11.6. The summed E-state index contributed by atoms with van der Waals surface area (Å²) in [7, 11) is 1.73. The fourth-order valence-corrected chi connectivity index (χ4v) is 2.85. The molecule has 0 radical (unpaired) electrons. The van der Waals surface area contributed by atoms with E-state index in [1.807, 2.05) is 0 Å². The number of carbonyl (C=O) groups excluding carboxylic acids is 1. The Labute approximate surface area is 119 Å². The topological polar surface area (TPSA) is 54.1 Å². The molecular formula is C16H22N2O2. The predicted octanol–water partition coefficient (Wildman–Crippen LogP) is 2.58. The summed E-state index contributed by atoms with van der Waals surface area (Å²) in [6, 6.07) is 0. The summed E-state index contributed by atoms with van der Waals surface area (Å²) < 4.78 is 5.40. The molecule has 2 aliphatic carbocycles. The van der Waals surface area contributed by atoms with Gasteiger partial charge in [0, 0.05) is 42.3 Å². The fraction of sp³-hybridized carbons (Fsp3) is 0.562. The van der Waals surface area contributed by atoms with Gasteiger partial charge >= 0.3 is 0 Å². The summed E-state index contributed by atoms with van der Waals surface area (Å²) in [4.78, 5) is 15.0. The van der Waals surface area contributed by atoms with Crippen LogP contribution in [0.15, 0.2) is 12.0 Å². The Morgan fingerprint density at radius 1 is 1.50 bits per heavy atom. The van der Waals surface area contributed by atoms with Gasteiger partial charge < -0.3 is 15.0 Å². The highest BCUT2D eigenvalue weighted by Gasteiger charge is 2.29. The number of allylic oxidation sites excluding steroid dienone is 1. The number of H-pyrrole nitrogens is 1. The van der Waals surface area contributed by atoms with E-state index >= 15 is 0 Å². The Hall–Kier alpha value is -1.71. The van der Waals surface area contributed by atoms with E-state index < -0.39 is 0 Å². The lowest BCUT2D eigenvalue weighted by Gasteiger charge is -2.19. The highest BCUT2D eigenvalue weighted by Crippen LogP contribution is 2.34. The Morgan fingerprint density at radius 3 is 3.00 bits per heavy atom. The van der Waals surface area contributed by atoms with Crippen molar-refractivity contribution in [2.24, 2.45) is 5.92 Å². The molecule has 3 rings (SSSR count). The van der Waals surface area contributed by atoms with Gasteiger partial charge in [0.1, 0.15) is 0 Å². The Morgan fingerprint density at radius 2 is 2.30 bits per heavy atom. The molecular weight excluding hydrogens is 252 g/mol. The molecule has 1 saturated carbocycles. The van der Waals surface area contributed by atoms with Gasteiger partial charge in [-0.2, -0.15) is 0 Å². The number of fused-ring (bicyclic) bond motifs is 1. The quantitative estimate of drug-likeness (QED) is 0.867. The van der Waals surface area contributed by atoms with Gasteiger partial charge in [-0.05, 0) is 30.9 Å². The minimum absolute atomic E-state index is 0.218. The van der Waals surface area contributed by atoms with Gasteiger partial charge in [-0.1, -0.05) is 6.92 Å². The van der Waals surface area contributed by atoms with Crippen LogP contribution in [-0.2, 0) is 16.0 Å². The molecule has 0 aliphatic heterocycles. The first-order valence-corrected chi connectivity index (χ1v) is 7.41. The van der Waals surface area contributed by atoms with E-state index in [1.54, 1.807) is 7.11 Å². The van der Waals surface area contributed by atoms with E-state index in [2.05, 4.69) is 29.5 Å². The molecule has 1 atom stereocenters. The average molecular weight is 274 g/mol. The van der Waals surface area contributed by atoms with Gasteiger partial charge in [0.05, 0.1) is 12.9 Å². The van der Waals surface area contributed by atoms with Crippen LogP contribution in [0.4, 0.5) is 0 Å². The van der Waals surface area contributed by atoms with Crippen LogP contribution in [0.5, 0.6) is 0 Å². The zero-order valence-corrected chi connectivity index (χ0v) is 12.2. The predicted molar refractivity (Wildman–Crippen MR) is 78.2 cm³/mol. The van der Waals surface area contributed by atoms with Gasteiger partial charge in [-0.15, -0.1) is 0 Å². The number of ether oxygens (including phenoxy) is 1. The van der Waals surface area contributed by atoms with E-state index in [0.717, 1.165) is 31.4 Å². The van der Waals surface area contributed by atoms with Crippen molar-refractivity contribution in [3.05, 3.63) is 28.8 Å². The molecule has 4 nitrogen and oxygen atoms in total. The first-order valence-electron chi connectivity index (χ1n) is 7.41. The SMILES string of the molecule is COC1=Cc2c(CCNC(=O)C3CC3)c[nH]c2[C@@H](C)C1. The highest BCUT2D eigenvalue weighted by molar-refractivity contribution is 5.80. The van der Waals surface area contributed by atoms with Crippen LogP contribution in [0.3, 0.4) is 0 Å². The number of aromatic amines is 1. The number of hydrogen-bond donors (Lipinski definition) is 2. The van der Waals surface area contributed by atoms with Crippen molar-refractivity contribution >= 4 is 12.0 Å². The fourth-order valence-electron chi connectivity index (χ4n) is 2.85. The molecule has 0 spiro atoms. The Kier molecular flexibility index (Phi) is 3.55. The van der Waals surface area contributed by atoms with Gasteiger partial charge in [0.25, 0.3) is 0 Å². The number of methoxy groups -OCH3 is 1. The molecule has 1 fully saturated rings. The summed E-state index contributed by atoms with van der Waals surface area (Å²) in [6.45, 7) is 2.92. The lowest BCUT2D eigenvalue weighted by atomic mass is 9.91. The summed E-state index contributed by atoms with van der Waals surface area (Å²) in [6.07, 6.45) is 8.13. The van der Waals surface area contributed by atoms with E-state index in [-0.39, 0.29) is 11.8 Å². The van der Waals surface area contributed by atoms with Crippen LogP contribution in [0.2, 0.25) is 0 Å². The third kappa shape index (κ3) is 2.60. The number of rotatable bonds is 5. The Bertz CT molecular complexity index is 541. The minimum atomic E-state index is 0.218. The highest BCUT2D eigenvalue weighted by atomic mass is 16.5. The van der Waals surface area contributed by atoms with E-state index in [4.69, 9.17) is 4.74 Å². The van der Waals surface area contributed by atoms with E-state index in [0.29, 0.717) is 12.5 Å². The zero-order chi connectivity index (χ0) is 14.1. The first-order chi connectivity index (χ1) is 9.69. The lowest BCUT2D eigenvalue weighted by Crippen LogP contribution is -2.27. The second-order valence-corrected chi connectivity index (χ2v) is 5.88. The largest absolute Gasteiger partial charge is 0.501 e. The molecule has 108 valence electrons. The van der Waals surface area contributed by atoms with Gasteiger partial charge in [0.2, 0.25) is 5.91 Å². The molecule has 1 amide bonds. The molecule has 1 aromatic heterocycles. The molecule has 2 N–H and O–H groups in total. The summed E-state index contributed by atoms with van der Waals surface area (Å²) in [5.41, 5.74) is 3.80. The summed E-state index contributed by atoms with van der Waals surface area (Å²) in [5.74, 6) is 2.00. The van der Waals surface area contributed by atoms with Crippen LogP contribution >= 0.6 is 0 Å². The van der Waals surface area contributed by atoms with Crippen LogP contribution in [0.1, 0.15) is 48.9 Å². The van der Waals surface area contributed by atoms with Crippen molar-refractivity contribution in [3.8, 4) is 0 Å². The molecule has 1 heterocycles. The van der Waals surface area contributed by atoms with Crippen molar-refractivity contribution in [1.29, 1.82) is 0 Å².